The van der Waals surface area contributed by atoms with E-state index in [0.29, 0.717) is 10.7 Å². The Bertz CT molecular complexity index is 789. The molecule has 2 aromatic carbocycles. The van der Waals surface area contributed by atoms with Crippen LogP contribution >= 0.6 is 11.6 Å². The predicted octanol–water partition coefficient (Wildman–Crippen LogP) is 1.53. The summed E-state index contributed by atoms with van der Waals surface area (Å²) in [6, 6.07) is 11.4. The number of carboxylic acids is 1. The van der Waals surface area contributed by atoms with E-state index in [9.17, 15) is 18.3 Å². The molecule has 0 unspecified atom stereocenters. The van der Waals surface area contributed by atoms with Gasteiger partial charge < -0.3 is 9.90 Å². The summed E-state index contributed by atoms with van der Waals surface area (Å²) >= 11 is 5.84. The van der Waals surface area contributed by atoms with Crippen LogP contribution in [0.4, 0.5) is 5.69 Å². The highest BCUT2D eigenvalue weighted by molar-refractivity contribution is 7.92. The number of carboxylic acid groups (broad SMARTS) is 1. The molecule has 0 N–H and O–H groups in total. The van der Waals surface area contributed by atoms with E-state index < -0.39 is 16.0 Å². The summed E-state index contributed by atoms with van der Waals surface area (Å²) in [6.45, 7) is 0. The maximum absolute atomic E-state index is 12.5. The molecule has 0 aliphatic carbocycles. The van der Waals surface area contributed by atoms with Crippen molar-refractivity contribution in [3.05, 3.63) is 59.1 Å². The molecule has 0 bridgehead atoms. The lowest BCUT2D eigenvalue weighted by molar-refractivity contribution is -0.255. The Hall–Kier alpha value is -2.05. The number of hydrogen-bond acceptors (Lipinski definition) is 4. The van der Waals surface area contributed by atoms with Gasteiger partial charge in [-0.25, -0.2) is 8.42 Å². The molecule has 0 saturated heterocycles. The van der Waals surface area contributed by atoms with Crippen molar-refractivity contribution in [2.45, 2.75) is 4.90 Å². The van der Waals surface area contributed by atoms with Gasteiger partial charge in [-0.15, -0.1) is 0 Å². The topological polar surface area (TPSA) is 77.5 Å². The molecule has 0 aliphatic rings. The zero-order valence-corrected chi connectivity index (χ0v) is 12.6. The van der Waals surface area contributed by atoms with Crippen LogP contribution in [-0.4, -0.2) is 21.4 Å². The molecule has 0 fully saturated rings. The highest BCUT2D eigenvalue weighted by Crippen LogP contribution is 2.24. The second kappa shape index (κ2) is 5.75. The van der Waals surface area contributed by atoms with Crippen molar-refractivity contribution >= 4 is 33.3 Å². The number of sulfonamides is 1. The van der Waals surface area contributed by atoms with Gasteiger partial charge in [0, 0.05) is 12.1 Å². The third-order valence-corrected chi connectivity index (χ3v) is 4.92. The summed E-state index contributed by atoms with van der Waals surface area (Å²) < 4.78 is 26.0. The molecular formula is C14H11ClNO4S-. The average Bonchev–Trinajstić information content (AvgIpc) is 2.46. The maximum Gasteiger partial charge on any atom is 0.264 e. The number of aromatic carboxylic acids is 1. The Balaban J connectivity index is 2.46. The molecule has 5 nitrogen and oxygen atoms in total. The Morgan fingerprint density at radius 2 is 1.81 bits per heavy atom. The minimum Gasteiger partial charge on any atom is -0.545 e. The number of anilines is 1. The summed E-state index contributed by atoms with van der Waals surface area (Å²) in [5, 5.41) is 11.2. The van der Waals surface area contributed by atoms with Gasteiger partial charge in [0.1, 0.15) is 0 Å². The summed E-state index contributed by atoms with van der Waals surface area (Å²) in [7, 11) is -2.51. The minimum absolute atomic E-state index is 0.133. The van der Waals surface area contributed by atoms with Crippen LogP contribution in [0.15, 0.2) is 53.4 Å². The molecule has 2 rings (SSSR count). The van der Waals surface area contributed by atoms with Crippen molar-refractivity contribution in [3.8, 4) is 0 Å². The molecule has 0 spiro atoms. The van der Waals surface area contributed by atoms with Crippen molar-refractivity contribution in [1.29, 1.82) is 0 Å². The van der Waals surface area contributed by atoms with Crippen LogP contribution in [0, 0.1) is 0 Å². The van der Waals surface area contributed by atoms with Crippen LogP contribution in [-0.2, 0) is 10.0 Å². The number of hydrogen-bond donors (Lipinski definition) is 0. The van der Waals surface area contributed by atoms with Crippen molar-refractivity contribution in [2.24, 2.45) is 0 Å². The lowest BCUT2D eigenvalue weighted by Crippen LogP contribution is -2.27. The molecule has 2 aromatic rings. The van der Waals surface area contributed by atoms with Crippen molar-refractivity contribution in [3.63, 3.8) is 0 Å². The van der Waals surface area contributed by atoms with E-state index in [4.69, 9.17) is 11.6 Å². The number of carbonyl (C=O) groups is 1. The monoisotopic (exact) mass is 324 g/mol. The van der Waals surface area contributed by atoms with Gasteiger partial charge in [-0.2, -0.15) is 0 Å². The van der Waals surface area contributed by atoms with Crippen LogP contribution in [0.1, 0.15) is 10.4 Å². The lowest BCUT2D eigenvalue weighted by Gasteiger charge is -2.20. The Labute approximate surface area is 127 Å². The first-order valence-corrected chi connectivity index (χ1v) is 7.70. The van der Waals surface area contributed by atoms with Crippen LogP contribution in [0.5, 0.6) is 0 Å². The molecule has 0 radical (unpaired) electrons. The second-order valence-corrected chi connectivity index (χ2v) is 6.67. The standard InChI is InChI=1S/C14H12ClNO4S/c1-16(12-6-3-5-11(15)9-12)21(19,20)13-7-2-4-10(8-13)14(17)18/h2-9H,1H3,(H,17,18)/p-1. The van der Waals surface area contributed by atoms with Gasteiger partial charge in [0.2, 0.25) is 0 Å². The molecule has 0 atom stereocenters. The van der Waals surface area contributed by atoms with Gasteiger partial charge in [-0.1, -0.05) is 29.8 Å². The predicted molar refractivity (Wildman–Crippen MR) is 77.8 cm³/mol. The second-order valence-electron chi connectivity index (χ2n) is 4.27. The summed E-state index contributed by atoms with van der Waals surface area (Å²) in [5.41, 5.74) is 0.178. The third-order valence-electron chi connectivity index (χ3n) is 2.90. The van der Waals surface area contributed by atoms with Crippen molar-refractivity contribution < 1.29 is 18.3 Å². The minimum atomic E-state index is -3.88. The quantitative estimate of drug-likeness (QED) is 0.854. The van der Waals surface area contributed by atoms with E-state index in [2.05, 4.69) is 0 Å². The fraction of sp³-hybridized carbons (Fsp3) is 0.0714. The van der Waals surface area contributed by atoms with Crippen LogP contribution < -0.4 is 9.41 Å². The van der Waals surface area contributed by atoms with E-state index in [-0.39, 0.29) is 10.5 Å². The number of rotatable bonds is 4. The largest absolute Gasteiger partial charge is 0.545 e. The normalized spacial score (nSPS) is 11.1. The highest BCUT2D eigenvalue weighted by atomic mass is 35.5. The summed E-state index contributed by atoms with van der Waals surface area (Å²) in [4.78, 5) is 10.7. The fourth-order valence-electron chi connectivity index (χ4n) is 1.75. The van der Waals surface area contributed by atoms with Crippen molar-refractivity contribution in [2.75, 3.05) is 11.4 Å². The molecular weight excluding hydrogens is 314 g/mol. The first-order valence-electron chi connectivity index (χ1n) is 5.88. The molecule has 7 heteroatoms. The van der Waals surface area contributed by atoms with Crippen LogP contribution in [0.2, 0.25) is 5.02 Å². The summed E-state index contributed by atoms with van der Waals surface area (Å²) in [6.07, 6.45) is 0. The SMILES string of the molecule is CN(c1cccc(Cl)c1)S(=O)(=O)c1cccc(C(=O)[O-])c1. The molecule has 0 aliphatic heterocycles. The van der Waals surface area contributed by atoms with Crippen LogP contribution in [0.3, 0.4) is 0 Å². The van der Waals surface area contributed by atoms with E-state index in [1.807, 2.05) is 0 Å². The van der Waals surface area contributed by atoms with E-state index in [1.54, 1.807) is 18.2 Å². The van der Waals surface area contributed by atoms with E-state index >= 15 is 0 Å². The molecule has 0 aromatic heterocycles. The van der Waals surface area contributed by atoms with E-state index in [0.717, 1.165) is 10.4 Å². The Kier molecular flexibility index (Phi) is 4.20. The number of benzene rings is 2. The molecule has 0 amide bonds. The number of carbonyl (C=O) groups excluding carboxylic acids is 1. The third kappa shape index (κ3) is 3.17. The number of nitrogens with zero attached hydrogens (tertiary/aromatic N) is 1. The van der Waals surface area contributed by atoms with Gasteiger partial charge >= 0.3 is 0 Å². The van der Waals surface area contributed by atoms with E-state index in [1.165, 1.54) is 31.3 Å². The van der Waals surface area contributed by atoms with Gasteiger partial charge in [0.15, 0.2) is 0 Å². The highest BCUT2D eigenvalue weighted by Gasteiger charge is 2.21. The van der Waals surface area contributed by atoms with Gasteiger partial charge in [0.05, 0.1) is 16.6 Å². The first kappa shape index (κ1) is 15.3. The smallest absolute Gasteiger partial charge is 0.264 e. The zero-order chi connectivity index (χ0) is 15.6. The number of halogens is 1. The first-order chi connectivity index (χ1) is 9.82. The van der Waals surface area contributed by atoms with Gasteiger partial charge in [-0.3, -0.25) is 4.31 Å². The maximum atomic E-state index is 12.5. The average molecular weight is 325 g/mol. The fourth-order valence-corrected chi connectivity index (χ4v) is 3.17. The molecule has 0 saturated carbocycles. The van der Waals surface area contributed by atoms with Gasteiger partial charge in [0.25, 0.3) is 10.0 Å². The van der Waals surface area contributed by atoms with Crippen molar-refractivity contribution in [1.82, 2.24) is 0 Å². The Morgan fingerprint density at radius 3 is 2.43 bits per heavy atom. The molecule has 21 heavy (non-hydrogen) atoms. The van der Waals surface area contributed by atoms with Gasteiger partial charge in [-0.05, 0) is 35.9 Å². The van der Waals surface area contributed by atoms with Crippen LogP contribution in [0.25, 0.3) is 0 Å². The molecule has 0 heterocycles. The Morgan fingerprint density at radius 1 is 1.14 bits per heavy atom. The zero-order valence-electron chi connectivity index (χ0n) is 11.0. The molecule has 110 valence electrons. The lowest BCUT2D eigenvalue weighted by atomic mass is 10.2. The summed E-state index contributed by atoms with van der Waals surface area (Å²) in [5.74, 6) is -1.43.